The van der Waals surface area contributed by atoms with E-state index in [0.29, 0.717) is 5.56 Å². The lowest BCUT2D eigenvalue weighted by Crippen LogP contribution is -2.48. The largest absolute Gasteiger partial charge is 0.339 e. The number of hydrogen-bond acceptors (Lipinski definition) is 3. The van der Waals surface area contributed by atoms with Crippen LogP contribution in [-0.4, -0.2) is 47.8 Å². The van der Waals surface area contributed by atoms with E-state index in [1.807, 2.05) is 18.2 Å². The van der Waals surface area contributed by atoms with Crippen molar-refractivity contribution in [3.05, 3.63) is 35.4 Å². The van der Waals surface area contributed by atoms with E-state index in [9.17, 15) is 4.79 Å². The van der Waals surface area contributed by atoms with Crippen molar-refractivity contribution < 1.29 is 4.79 Å². The molecule has 0 atom stereocenters. The normalized spacial score (nSPS) is 16.1. The van der Waals surface area contributed by atoms with Crippen LogP contribution >= 0.6 is 11.6 Å². The molecule has 1 amide bonds. The first kappa shape index (κ1) is 13.9. The van der Waals surface area contributed by atoms with Gasteiger partial charge in [0.2, 0.25) is 5.91 Å². The molecule has 0 bridgehead atoms. The fraction of sp³-hybridized carbons (Fsp3) is 0.429. The molecule has 0 aromatic heterocycles. The Bertz CT molecular complexity index is 490. The molecule has 100 valence electrons. The highest BCUT2D eigenvalue weighted by atomic mass is 35.5. The minimum atomic E-state index is 0.00722. The van der Waals surface area contributed by atoms with Gasteiger partial charge in [-0.25, -0.2) is 0 Å². The van der Waals surface area contributed by atoms with E-state index in [4.69, 9.17) is 16.9 Å². The number of nitriles is 1. The van der Waals surface area contributed by atoms with Gasteiger partial charge in [-0.15, -0.1) is 11.6 Å². The third-order valence-corrected chi connectivity index (χ3v) is 3.53. The molecule has 1 aromatic rings. The van der Waals surface area contributed by atoms with Crippen molar-refractivity contribution >= 4 is 17.5 Å². The molecule has 2 rings (SSSR count). The monoisotopic (exact) mass is 277 g/mol. The predicted octanol–water partition coefficient (Wildman–Crippen LogP) is 1.44. The molecule has 0 spiro atoms. The third kappa shape index (κ3) is 3.69. The SMILES string of the molecule is N#Cc1cccc(CN2CCN(C(=O)CCl)CC2)c1. The van der Waals surface area contributed by atoms with Gasteiger partial charge in [-0.2, -0.15) is 5.26 Å². The van der Waals surface area contributed by atoms with Crippen molar-refractivity contribution in [1.82, 2.24) is 9.80 Å². The van der Waals surface area contributed by atoms with E-state index in [2.05, 4.69) is 11.0 Å². The molecular weight excluding hydrogens is 262 g/mol. The van der Waals surface area contributed by atoms with Crippen LogP contribution in [0.3, 0.4) is 0 Å². The number of piperazine rings is 1. The number of carbonyl (C=O) groups excluding carboxylic acids is 1. The topological polar surface area (TPSA) is 47.3 Å². The Hall–Kier alpha value is -1.57. The number of amides is 1. The lowest BCUT2D eigenvalue weighted by atomic mass is 10.1. The van der Waals surface area contributed by atoms with Crippen LogP contribution in [0.5, 0.6) is 0 Å². The van der Waals surface area contributed by atoms with Gasteiger partial charge in [0, 0.05) is 32.7 Å². The van der Waals surface area contributed by atoms with Crippen LogP contribution in [0.4, 0.5) is 0 Å². The van der Waals surface area contributed by atoms with Crippen molar-refractivity contribution in [2.45, 2.75) is 6.54 Å². The number of halogens is 1. The Balaban J connectivity index is 1.89. The zero-order valence-electron chi connectivity index (χ0n) is 10.7. The van der Waals surface area contributed by atoms with Crippen molar-refractivity contribution in [3.63, 3.8) is 0 Å². The lowest BCUT2D eigenvalue weighted by Gasteiger charge is -2.34. The van der Waals surface area contributed by atoms with Gasteiger partial charge in [-0.1, -0.05) is 12.1 Å². The molecule has 0 radical (unpaired) electrons. The van der Waals surface area contributed by atoms with Crippen molar-refractivity contribution in [2.24, 2.45) is 0 Å². The Morgan fingerprint density at radius 1 is 1.32 bits per heavy atom. The van der Waals surface area contributed by atoms with Gasteiger partial charge in [-0.3, -0.25) is 9.69 Å². The molecule has 19 heavy (non-hydrogen) atoms. The number of alkyl halides is 1. The highest BCUT2D eigenvalue weighted by Crippen LogP contribution is 2.10. The number of carbonyl (C=O) groups is 1. The van der Waals surface area contributed by atoms with Gasteiger partial charge < -0.3 is 4.90 Å². The van der Waals surface area contributed by atoms with Crippen molar-refractivity contribution in [3.8, 4) is 6.07 Å². The summed E-state index contributed by atoms with van der Waals surface area (Å²) in [6.07, 6.45) is 0. The van der Waals surface area contributed by atoms with E-state index in [1.54, 1.807) is 11.0 Å². The van der Waals surface area contributed by atoms with Gasteiger partial charge in [0.1, 0.15) is 5.88 Å². The van der Waals surface area contributed by atoms with Crippen molar-refractivity contribution in [2.75, 3.05) is 32.1 Å². The van der Waals surface area contributed by atoms with E-state index in [0.717, 1.165) is 38.3 Å². The van der Waals surface area contributed by atoms with E-state index < -0.39 is 0 Å². The van der Waals surface area contributed by atoms with Crippen LogP contribution in [0, 0.1) is 11.3 Å². The smallest absolute Gasteiger partial charge is 0.237 e. The van der Waals surface area contributed by atoms with E-state index >= 15 is 0 Å². The van der Waals surface area contributed by atoms with Gasteiger partial charge in [0.05, 0.1) is 11.6 Å². The van der Waals surface area contributed by atoms with Gasteiger partial charge in [-0.05, 0) is 17.7 Å². The fourth-order valence-electron chi connectivity index (χ4n) is 2.24. The third-order valence-electron chi connectivity index (χ3n) is 3.30. The van der Waals surface area contributed by atoms with Crippen molar-refractivity contribution in [1.29, 1.82) is 5.26 Å². The predicted molar refractivity (Wildman–Crippen MR) is 73.7 cm³/mol. The summed E-state index contributed by atoms with van der Waals surface area (Å²) in [6, 6.07) is 9.80. The zero-order chi connectivity index (χ0) is 13.7. The summed E-state index contributed by atoms with van der Waals surface area (Å²) in [5.74, 6) is 0.0670. The van der Waals surface area contributed by atoms with Gasteiger partial charge in [0.15, 0.2) is 0 Å². The average Bonchev–Trinajstić information content (AvgIpc) is 2.47. The number of rotatable bonds is 3. The minimum absolute atomic E-state index is 0.00722. The second-order valence-electron chi connectivity index (χ2n) is 4.60. The summed E-state index contributed by atoms with van der Waals surface area (Å²) in [7, 11) is 0. The highest BCUT2D eigenvalue weighted by molar-refractivity contribution is 6.27. The molecule has 0 aliphatic carbocycles. The summed E-state index contributed by atoms with van der Waals surface area (Å²) in [6.45, 7) is 3.96. The Morgan fingerprint density at radius 3 is 2.68 bits per heavy atom. The zero-order valence-corrected chi connectivity index (χ0v) is 11.4. The fourth-order valence-corrected chi connectivity index (χ4v) is 2.41. The summed E-state index contributed by atoms with van der Waals surface area (Å²) < 4.78 is 0. The second kappa shape index (κ2) is 6.55. The maximum atomic E-state index is 11.5. The summed E-state index contributed by atoms with van der Waals surface area (Å²) in [5.41, 5.74) is 1.82. The number of nitrogens with zero attached hydrogens (tertiary/aromatic N) is 3. The molecule has 0 saturated carbocycles. The highest BCUT2D eigenvalue weighted by Gasteiger charge is 2.20. The Labute approximate surface area is 118 Å². The Morgan fingerprint density at radius 2 is 2.05 bits per heavy atom. The van der Waals surface area contributed by atoms with Crippen LogP contribution in [0.1, 0.15) is 11.1 Å². The molecular formula is C14H16ClN3O. The maximum absolute atomic E-state index is 11.5. The second-order valence-corrected chi connectivity index (χ2v) is 4.87. The molecule has 1 heterocycles. The Kier molecular flexibility index (Phi) is 4.78. The molecule has 0 unspecified atom stereocenters. The molecule has 5 heteroatoms. The first-order chi connectivity index (χ1) is 9.22. The summed E-state index contributed by atoms with van der Waals surface area (Å²) >= 11 is 5.55. The quantitative estimate of drug-likeness (QED) is 0.786. The average molecular weight is 278 g/mol. The van der Waals surface area contributed by atoms with E-state index in [-0.39, 0.29) is 11.8 Å². The van der Waals surface area contributed by atoms with Gasteiger partial charge >= 0.3 is 0 Å². The molecule has 4 nitrogen and oxygen atoms in total. The molecule has 1 aromatic carbocycles. The molecule has 1 fully saturated rings. The lowest BCUT2D eigenvalue weighted by molar-refractivity contribution is -0.130. The summed E-state index contributed by atoms with van der Waals surface area (Å²) in [5, 5.41) is 8.87. The molecule has 1 saturated heterocycles. The first-order valence-corrected chi connectivity index (χ1v) is 6.81. The van der Waals surface area contributed by atoms with Crippen LogP contribution in [0.25, 0.3) is 0 Å². The first-order valence-electron chi connectivity index (χ1n) is 6.28. The minimum Gasteiger partial charge on any atom is -0.339 e. The molecule has 1 aliphatic rings. The van der Waals surface area contributed by atoms with Crippen LogP contribution < -0.4 is 0 Å². The maximum Gasteiger partial charge on any atom is 0.237 e. The molecule has 1 aliphatic heterocycles. The van der Waals surface area contributed by atoms with E-state index in [1.165, 1.54) is 0 Å². The van der Waals surface area contributed by atoms with Crippen LogP contribution in [0.2, 0.25) is 0 Å². The van der Waals surface area contributed by atoms with Gasteiger partial charge in [0.25, 0.3) is 0 Å². The number of benzene rings is 1. The number of hydrogen-bond donors (Lipinski definition) is 0. The van der Waals surface area contributed by atoms with Crippen LogP contribution in [-0.2, 0) is 11.3 Å². The summed E-state index contributed by atoms with van der Waals surface area (Å²) in [4.78, 5) is 15.5. The van der Waals surface area contributed by atoms with Crippen LogP contribution in [0.15, 0.2) is 24.3 Å². The standard InChI is InChI=1S/C14H16ClN3O/c15-9-14(19)18-6-4-17(5-7-18)11-13-3-1-2-12(8-13)10-16/h1-3,8H,4-7,9,11H2. The molecule has 0 N–H and O–H groups in total.